The molecule has 0 radical (unpaired) electrons. The lowest BCUT2D eigenvalue weighted by Crippen LogP contribution is -2.27. The SMILES string of the molecule is CNc1nnc(SCC(=O)NCCSc2ccc(C)cc2)s1. The Labute approximate surface area is 142 Å². The first-order valence-electron chi connectivity index (χ1n) is 6.77. The molecule has 0 aliphatic rings. The topological polar surface area (TPSA) is 66.9 Å². The molecule has 1 heterocycles. The summed E-state index contributed by atoms with van der Waals surface area (Å²) in [7, 11) is 1.80. The first-order chi connectivity index (χ1) is 10.7. The van der Waals surface area contributed by atoms with Crippen LogP contribution >= 0.6 is 34.9 Å². The second-order valence-electron chi connectivity index (χ2n) is 4.42. The Morgan fingerprint density at radius 3 is 2.68 bits per heavy atom. The van der Waals surface area contributed by atoms with Crippen molar-refractivity contribution in [3.8, 4) is 0 Å². The van der Waals surface area contributed by atoms with E-state index in [-0.39, 0.29) is 5.91 Å². The van der Waals surface area contributed by atoms with Crippen LogP contribution in [-0.2, 0) is 4.79 Å². The highest BCUT2D eigenvalue weighted by Crippen LogP contribution is 2.24. The van der Waals surface area contributed by atoms with Crippen LogP contribution in [0.25, 0.3) is 0 Å². The number of aromatic nitrogens is 2. The van der Waals surface area contributed by atoms with Gasteiger partial charge in [-0.3, -0.25) is 4.79 Å². The summed E-state index contributed by atoms with van der Waals surface area (Å²) in [6, 6.07) is 8.40. The molecule has 8 heteroatoms. The van der Waals surface area contributed by atoms with Gasteiger partial charge < -0.3 is 10.6 Å². The molecule has 5 nitrogen and oxygen atoms in total. The van der Waals surface area contributed by atoms with Gasteiger partial charge in [0.2, 0.25) is 11.0 Å². The monoisotopic (exact) mass is 354 g/mol. The maximum Gasteiger partial charge on any atom is 0.230 e. The zero-order chi connectivity index (χ0) is 15.8. The third kappa shape index (κ3) is 5.86. The quantitative estimate of drug-likeness (QED) is 0.561. The van der Waals surface area contributed by atoms with Gasteiger partial charge in [-0.1, -0.05) is 40.8 Å². The van der Waals surface area contributed by atoms with Crippen LogP contribution in [0.1, 0.15) is 5.56 Å². The minimum atomic E-state index is 0.0238. The molecule has 0 spiro atoms. The van der Waals surface area contributed by atoms with Crippen molar-refractivity contribution >= 4 is 45.9 Å². The number of carbonyl (C=O) groups is 1. The summed E-state index contributed by atoms with van der Waals surface area (Å²) in [6.07, 6.45) is 0. The number of benzene rings is 1. The molecule has 118 valence electrons. The van der Waals surface area contributed by atoms with E-state index in [9.17, 15) is 4.79 Å². The van der Waals surface area contributed by atoms with Gasteiger partial charge in [-0.05, 0) is 19.1 Å². The molecule has 22 heavy (non-hydrogen) atoms. The van der Waals surface area contributed by atoms with E-state index in [4.69, 9.17) is 0 Å². The van der Waals surface area contributed by atoms with E-state index in [2.05, 4.69) is 52.0 Å². The van der Waals surface area contributed by atoms with E-state index in [1.807, 2.05) is 0 Å². The zero-order valence-corrected chi connectivity index (χ0v) is 14.9. The van der Waals surface area contributed by atoms with Crippen LogP contribution in [0.4, 0.5) is 5.13 Å². The molecule has 0 saturated heterocycles. The first-order valence-corrected chi connectivity index (χ1v) is 9.56. The fourth-order valence-electron chi connectivity index (χ4n) is 1.54. The summed E-state index contributed by atoms with van der Waals surface area (Å²) in [4.78, 5) is 13.0. The third-order valence-electron chi connectivity index (χ3n) is 2.66. The van der Waals surface area contributed by atoms with Gasteiger partial charge in [0.15, 0.2) is 4.34 Å². The minimum absolute atomic E-state index is 0.0238. The molecule has 0 aliphatic heterocycles. The summed E-state index contributed by atoms with van der Waals surface area (Å²) in [6.45, 7) is 2.74. The Kier molecular flexibility index (Phi) is 7.01. The fourth-order valence-corrected chi connectivity index (χ4v) is 3.84. The Bertz CT molecular complexity index is 600. The normalized spacial score (nSPS) is 10.5. The number of thioether (sulfide) groups is 2. The average Bonchev–Trinajstić information content (AvgIpc) is 2.99. The van der Waals surface area contributed by atoms with Crippen molar-refractivity contribution in [3.05, 3.63) is 29.8 Å². The van der Waals surface area contributed by atoms with Crippen molar-refractivity contribution in [1.82, 2.24) is 15.5 Å². The highest BCUT2D eigenvalue weighted by atomic mass is 32.2. The molecule has 0 saturated carbocycles. The van der Waals surface area contributed by atoms with Gasteiger partial charge >= 0.3 is 0 Å². The van der Waals surface area contributed by atoms with Crippen molar-refractivity contribution in [2.45, 2.75) is 16.2 Å². The second-order valence-corrected chi connectivity index (χ2v) is 7.79. The predicted octanol–water partition coefficient (Wildman–Crippen LogP) is 2.89. The van der Waals surface area contributed by atoms with Crippen LogP contribution in [-0.4, -0.2) is 41.2 Å². The van der Waals surface area contributed by atoms with E-state index < -0.39 is 0 Å². The predicted molar refractivity (Wildman–Crippen MR) is 95.1 cm³/mol. The van der Waals surface area contributed by atoms with Crippen molar-refractivity contribution in [2.24, 2.45) is 0 Å². The highest BCUT2D eigenvalue weighted by Gasteiger charge is 2.07. The van der Waals surface area contributed by atoms with Crippen molar-refractivity contribution in [3.63, 3.8) is 0 Å². The summed E-state index contributed by atoms with van der Waals surface area (Å²) in [5, 5.41) is 14.5. The Balaban J connectivity index is 1.60. The summed E-state index contributed by atoms with van der Waals surface area (Å²) in [5.41, 5.74) is 1.26. The maximum atomic E-state index is 11.7. The number of hydrogen-bond acceptors (Lipinski definition) is 7. The number of amides is 1. The lowest BCUT2D eigenvalue weighted by atomic mass is 10.2. The first kappa shape index (κ1) is 17.1. The van der Waals surface area contributed by atoms with Crippen LogP contribution in [0.15, 0.2) is 33.5 Å². The molecule has 2 rings (SSSR count). The molecular formula is C14H18N4OS3. The number of nitrogens with one attached hydrogen (secondary N) is 2. The maximum absolute atomic E-state index is 11.7. The largest absolute Gasteiger partial charge is 0.363 e. The van der Waals surface area contributed by atoms with E-state index >= 15 is 0 Å². The minimum Gasteiger partial charge on any atom is -0.363 e. The van der Waals surface area contributed by atoms with Crippen LogP contribution in [0.2, 0.25) is 0 Å². The molecule has 1 amide bonds. The molecule has 1 aromatic heterocycles. The Morgan fingerprint density at radius 2 is 2.00 bits per heavy atom. The number of hydrogen-bond donors (Lipinski definition) is 2. The molecule has 0 fully saturated rings. The number of rotatable bonds is 8. The van der Waals surface area contributed by atoms with Crippen molar-refractivity contribution in [2.75, 3.05) is 30.4 Å². The molecular weight excluding hydrogens is 336 g/mol. The second kappa shape index (κ2) is 9.02. The Hall–Kier alpha value is -1.25. The number of anilines is 1. The van der Waals surface area contributed by atoms with Crippen molar-refractivity contribution < 1.29 is 4.79 Å². The fraction of sp³-hybridized carbons (Fsp3) is 0.357. The average molecular weight is 355 g/mol. The molecule has 0 unspecified atom stereocenters. The third-order valence-corrected chi connectivity index (χ3v) is 5.75. The molecule has 2 aromatic rings. The van der Waals surface area contributed by atoms with E-state index in [1.165, 1.54) is 33.6 Å². The summed E-state index contributed by atoms with van der Waals surface area (Å²) < 4.78 is 0.800. The van der Waals surface area contributed by atoms with E-state index in [1.54, 1.807) is 18.8 Å². The molecule has 0 bridgehead atoms. The molecule has 0 aliphatic carbocycles. The highest BCUT2D eigenvalue weighted by molar-refractivity contribution is 8.01. The summed E-state index contributed by atoms with van der Waals surface area (Å²) >= 11 is 4.60. The molecule has 1 aromatic carbocycles. The van der Waals surface area contributed by atoms with Crippen LogP contribution in [0.3, 0.4) is 0 Å². The standard InChI is InChI=1S/C14H18N4OS3/c1-10-3-5-11(6-4-10)20-8-7-16-12(19)9-21-14-18-17-13(15-2)22-14/h3-6H,7-9H2,1-2H3,(H,15,17)(H,16,19). The number of nitrogens with zero attached hydrogens (tertiary/aromatic N) is 2. The van der Waals surface area contributed by atoms with Gasteiger partial charge in [0, 0.05) is 24.2 Å². The van der Waals surface area contributed by atoms with Crippen LogP contribution < -0.4 is 10.6 Å². The van der Waals surface area contributed by atoms with Gasteiger partial charge in [0.05, 0.1) is 5.75 Å². The Morgan fingerprint density at radius 1 is 1.23 bits per heavy atom. The van der Waals surface area contributed by atoms with Gasteiger partial charge in [-0.15, -0.1) is 22.0 Å². The molecule has 2 N–H and O–H groups in total. The lowest BCUT2D eigenvalue weighted by Gasteiger charge is -2.04. The molecule has 0 atom stereocenters. The van der Waals surface area contributed by atoms with Gasteiger partial charge in [-0.2, -0.15) is 0 Å². The smallest absolute Gasteiger partial charge is 0.230 e. The van der Waals surface area contributed by atoms with Gasteiger partial charge in [0.1, 0.15) is 0 Å². The van der Waals surface area contributed by atoms with Gasteiger partial charge in [0.25, 0.3) is 0 Å². The van der Waals surface area contributed by atoms with Gasteiger partial charge in [-0.25, -0.2) is 0 Å². The number of aryl methyl sites for hydroxylation is 1. The van der Waals surface area contributed by atoms with Crippen LogP contribution in [0, 0.1) is 6.92 Å². The van der Waals surface area contributed by atoms with E-state index in [0.717, 1.165) is 15.2 Å². The van der Waals surface area contributed by atoms with Crippen molar-refractivity contribution in [1.29, 1.82) is 0 Å². The lowest BCUT2D eigenvalue weighted by molar-refractivity contribution is -0.118. The van der Waals surface area contributed by atoms with E-state index in [0.29, 0.717) is 12.3 Å². The zero-order valence-electron chi connectivity index (χ0n) is 12.5. The number of carbonyl (C=O) groups excluding carboxylic acids is 1. The summed E-state index contributed by atoms with van der Waals surface area (Å²) in [5.74, 6) is 1.26. The van der Waals surface area contributed by atoms with Crippen LogP contribution in [0.5, 0.6) is 0 Å².